The largest absolute Gasteiger partial charge is 0.508 e. The fourth-order valence-corrected chi connectivity index (χ4v) is 1.68. The standard InChI is InChI=1S/C16H14N2O2/c17-9-3-5-12-4-1-7-14(10-12)18-16(20)13-6-2-8-15(19)11-13/h1-2,4,6-8,10-11,19H,9,17H2,(H,18,20). The van der Waals surface area contributed by atoms with Gasteiger partial charge in [0.1, 0.15) is 5.75 Å². The Bertz CT molecular complexity index is 684. The number of carbonyl (C=O) groups excluding carboxylic acids is 1. The van der Waals surface area contributed by atoms with E-state index in [0.29, 0.717) is 17.8 Å². The van der Waals surface area contributed by atoms with Crippen LogP contribution in [0.25, 0.3) is 0 Å². The van der Waals surface area contributed by atoms with Crippen LogP contribution in [0.3, 0.4) is 0 Å². The van der Waals surface area contributed by atoms with E-state index in [-0.39, 0.29) is 11.7 Å². The van der Waals surface area contributed by atoms with Crippen molar-refractivity contribution in [3.63, 3.8) is 0 Å². The number of hydrogen-bond donors (Lipinski definition) is 3. The van der Waals surface area contributed by atoms with Gasteiger partial charge in [0, 0.05) is 16.8 Å². The van der Waals surface area contributed by atoms with Crippen molar-refractivity contribution in [1.82, 2.24) is 0 Å². The van der Waals surface area contributed by atoms with Gasteiger partial charge in [-0.1, -0.05) is 24.0 Å². The Kier molecular flexibility index (Phi) is 4.38. The van der Waals surface area contributed by atoms with Crippen LogP contribution in [0.5, 0.6) is 5.75 Å². The number of phenols is 1. The monoisotopic (exact) mass is 266 g/mol. The zero-order chi connectivity index (χ0) is 14.4. The van der Waals surface area contributed by atoms with Gasteiger partial charge in [-0.2, -0.15) is 0 Å². The van der Waals surface area contributed by atoms with E-state index in [4.69, 9.17) is 5.73 Å². The number of nitrogens with one attached hydrogen (secondary N) is 1. The lowest BCUT2D eigenvalue weighted by molar-refractivity contribution is 0.102. The van der Waals surface area contributed by atoms with Crippen LogP contribution < -0.4 is 11.1 Å². The predicted molar refractivity (Wildman–Crippen MR) is 78.4 cm³/mol. The average molecular weight is 266 g/mol. The summed E-state index contributed by atoms with van der Waals surface area (Å²) in [5.74, 6) is 5.43. The molecular weight excluding hydrogens is 252 g/mol. The predicted octanol–water partition coefficient (Wildman–Crippen LogP) is 1.95. The minimum atomic E-state index is -0.287. The molecule has 0 aliphatic carbocycles. The number of carbonyl (C=O) groups is 1. The quantitative estimate of drug-likeness (QED) is 0.727. The second kappa shape index (κ2) is 6.41. The highest BCUT2D eigenvalue weighted by Crippen LogP contribution is 2.14. The van der Waals surface area contributed by atoms with Crippen LogP contribution in [0, 0.1) is 11.8 Å². The van der Waals surface area contributed by atoms with Crippen molar-refractivity contribution in [1.29, 1.82) is 0 Å². The molecule has 4 heteroatoms. The van der Waals surface area contributed by atoms with Crippen LogP contribution in [0.4, 0.5) is 5.69 Å². The van der Waals surface area contributed by atoms with Crippen molar-refractivity contribution >= 4 is 11.6 Å². The summed E-state index contributed by atoms with van der Waals surface area (Å²) in [4.78, 5) is 12.0. The molecule has 4 nitrogen and oxygen atoms in total. The summed E-state index contributed by atoms with van der Waals surface area (Å²) in [6.07, 6.45) is 0. The number of amides is 1. The third-order valence-electron chi connectivity index (χ3n) is 2.56. The molecule has 0 aromatic heterocycles. The highest BCUT2D eigenvalue weighted by Gasteiger charge is 2.06. The van der Waals surface area contributed by atoms with E-state index < -0.39 is 0 Å². The topological polar surface area (TPSA) is 75.3 Å². The maximum atomic E-state index is 12.0. The van der Waals surface area contributed by atoms with Crippen molar-refractivity contribution in [3.8, 4) is 17.6 Å². The Balaban J connectivity index is 2.15. The van der Waals surface area contributed by atoms with Gasteiger partial charge in [-0.05, 0) is 36.4 Å². The summed E-state index contributed by atoms with van der Waals surface area (Å²) in [7, 11) is 0. The van der Waals surface area contributed by atoms with E-state index in [0.717, 1.165) is 5.56 Å². The summed E-state index contributed by atoms with van der Waals surface area (Å²) in [6.45, 7) is 0.292. The Morgan fingerprint density at radius 3 is 2.75 bits per heavy atom. The first-order valence-corrected chi connectivity index (χ1v) is 6.08. The molecular formula is C16H14N2O2. The second-order valence-corrected chi connectivity index (χ2v) is 4.09. The molecule has 0 fully saturated rings. The SMILES string of the molecule is NCC#Cc1cccc(NC(=O)c2cccc(O)c2)c1. The van der Waals surface area contributed by atoms with Gasteiger partial charge >= 0.3 is 0 Å². The van der Waals surface area contributed by atoms with Crippen molar-refractivity contribution in [2.45, 2.75) is 0 Å². The lowest BCUT2D eigenvalue weighted by atomic mass is 10.1. The van der Waals surface area contributed by atoms with E-state index >= 15 is 0 Å². The summed E-state index contributed by atoms with van der Waals surface area (Å²) in [6, 6.07) is 13.4. The summed E-state index contributed by atoms with van der Waals surface area (Å²) < 4.78 is 0. The van der Waals surface area contributed by atoms with Crippen LogP contribution in [-0.2, 0) is 0 Å². The molecule has 0 spiro atoms. The smallest absolute Gasteiger partial charge is 0.255 e. The maximum Gasteiger partial charge on any atom is 0.255 e. The van der Waals surface area contributed by atoms with Crippen molar-refractivity contribution < 1.29 is 9.90 Å². The van der Waals surface area contributed by atoms with Crippen molar-refractivity contribution in [3.05, 3.63) is 59.7 Å². The van der Waals surface area contributed by atoms with Gasteiger partial charge in [0.25, 0.3) is 5.91 Å². The van der Waals surface area contributed by atoms with Crippen LogP contribution in [0.1, 0.15) is 15.9 Å². The van der Waals surface area contributed by atoms with Crippen LogP contribution >= 0.6 is 0 Å². The summed E-state index contributed by atoms with van der Waals surface area (Å²) in [5, 5.41) is 12.1. The van der Waals surface area contributed by atoms with Gasteiger partial charge < -0.3 is 16.2 Å². The first-order chi connectivity index (χ1) is 9.69. The number of anilines is 1. The lowest BCUT2D eigenvalue weighted by Crippen LogP contribution is -2.11. The van der Waals surface area contributed by atoms with Gasteiger partial charge in [-0.3, -0.25) is 4.79 Å². The second-order valence-electron chi connectivity index (χ2n) is 4.09. The third kappa shape index (κ3) is 3.61. The molecule has 2 aromatic carbocycles. The van der Waals surface area contributed by atoms with E-state index in [2.05, 4.69) is 17.2 Å². The molecule has 0 unspecified atom stereocenters. The van der Waals surface area contributed by atoms with Gasteiger partial charge in [-0.15, -0.1) is 0 Å². The number of phenolic OH excluding ortho intramolecular Hbond substituents is 1. The molecule has 0 bridgehead atoms. The van der Waals surface area contributed by atoms with E-state index in [1.165, 1.54) is 12.1 Å². The Morgan fingerprint density at radius 1 is 1.20 bits per heavy atom. The molecule has 0 atom stereocenters. The lowest BCUT2D eigenvalue weighted by Gasteiger charge is -2.06. The van der Waals surface area contributed by atoms with Crippen molar-refractivity contribution in [2.24, 2.45) is 5.73 Å². The molecule has 2 aromatic rings. The first-order valence-electron chi connectivity index (χ1n) is 6.08. The Labute approximate surface area is 117 Å². The van der Waals surface area contributed by atoms with Crippen LogP contribution in [0.15, 0.2) is 48.5 Å². The minimum absolute atomic E-state index is 0.0558. The molecule has 1 amide bonds. The minimum Gasteiger partial charge on any atom is -0.508 e. The molecule has 0 aliphatic rings. The number of benzene rings is 2. The molecule has 0 radical (unpaired) electrons. The van der Waals surface area contributed by atoms with Gasteiger partial charge in [0.05, 0.1) is 6.54 Å². The Morgan fingerprint density at radius 2 is 2.00 bits per heavy atom. The van der Waals surface area contributed by atoms with E-state index in [1.54, 1.807) is 30.3 Å². The highest BCUT2D eigenvalue weighted by atomic mass is 16.3. The average Bonchev–Trinajstić information content (AvgIpc) is 2.45. The van der Waals surface area contributed by atoms with Gasteiger partial charge in [-0.25, -0.2) is 0 Å². The molecule has 0 saturated carbocycles. The van der Waals surface area contributed by atoms with Crippen LogP contribution in [0.2, 0.25) is 0 Å². The van der Waals surface area contributed by atoms with Crippen molar-refractivity contribution in [2.75, 3.05) is 11.9 Å². The number of nitrogens with two attached hydrogens (primary N) is 1. The fourth-order valence-electron chi connectivity index (χ4n) is 1.68. The zero-order valence-corrected chi connectivity index (χ0v) is 10.8. The number of hydrogen-bond acceptors (Lipinski definition) is 3. The molecule has 20 heavy (non-hydrogen) atoms. The Hall–Kier alpha value is -2.77. The fraction of sp³-hybridized carbons (Fsp3) is 0.0625. The van der Waals surface area contributed by atoms with Crippen LogP contribution in [-0.4, -0.2) is 17.6 Å². The summed E-state index contributed by atoms with van der Waals surface area (Å²) in [5.41, 5.74) is 7.13. The molecule has 0 heterocycles. The molecule has 2 rings (SSSR count). The molecule has 0 saturated heterocycles. The third-order valence-corrected chi connectivity index (χ3v) is 2.56. The first kappa shape index (κ1) is 13.7. The molecule has 0 aliphatic heterocycles. The molecule has 100 valence electrons. The van der Waals surface area contributed by atoms with E-state index in [9.17, 15) is 9.90 Å². The highest BCUT2D eigenvalue weighted by molar-refractivity contribution is 6.04. The van der Waals surface area contributed by atoms with E-state index in [1.807, 2.05) is 6.07 Å². The van der Waals surface area contributed by atoms with Gasteiger partial charge in [0.15, 0.2) is 0 Å². The number of rotatable bonds is 2. The number of aromatic hydroxyl groups is 1. The van der Waals surface area contributed by atoms with Gasteiger partial charge in [0.2, 0.25) is 0 Å². The summed E-state index contributed by atoms with van der Waals surface area (Å²) >= 11 is 0. The molecule has 4 N–H and O–H groups in total. The maximum absolute atomic E-state index is 12.0. The normalized spacial score (nSPS) is 9.45. The zero-order valence-electron chi connectivity index (χ0n) is 10.8.